The molecule has 1 aliphatic heterocycles. The second-order valence-electron chi connectivity index (χ2n) is 9.23. The lowest BCUT2D eigenvalue weighted by Gasteiger charge is -2.41. The van der Waals surface area contributed by atoms with E-state index in [9.17, 15) is 19.9 Å². The van der Waals surface area contributed by atoms with Gasteiger partial charge in [0.1, 0.15) is 6.54 Å². The molecule has 1 aliphatic rings. The molecule has 1 fully saturated rings. The molecule has 0 spiro atoms. The Bertz CT molecular complexity index is 1270. The molecule has 3 N–H and O–H groups in total. The third-order valence-corrected chi connectivity index (χ3v) is 7.55. The normalized spacial score (nSPS) is 20.5. The zero-order valence-electron chi connectivity index (χ0n) is 22.3. The van der Waals surface area contributed by atoms with Gasteiger partial charge in [0.05, 0.1) is 25.4 Å². The van der Waals surface area contributed by atoms with E-state index in [1.807, 2.05) is 30.3 Å². The molecule has 2 amide bonds. The molecule has 4 atom stereocenters. The molecule has 2 aromatic carbocycles. The smallest absolute Gasteiger partial charge is 0.325 e. The molecule has 0 bridgehead atoms. The maximum absolute atomic E-state index is 12.2. The van der Waals surface area contributed by atoms with Crippen LogP contribution in [0.1, 0.15) is 42.9 Å². The number of amides is 2. The Kier molecular flexibility index (Phi) is 10.4. The van der Waals surface area contributed by atoms with Gasteiger partial charge in [-0.05, 0) is 36.2 Å². The van der Waals surface area contributed by atoms with Gasteiger partial charge in [-0.3, -0.25) is 4.79 Å². The van der Waals surface area contributed by atoms with E-state index in [1.54, 1.807) is 43.3 Å². The van der Waals surface area contributed by atoms with Crippen LogP contribution in [0.15, 0.2) is 78.0 Å². The van der Waals surface area contributed by atoms with Crippen LogP contribution in [0.2, 0.25) is 0 Å². The summed E-state index contributed by atoms with van der Waals surface area (Å²) < 4.78 is 18.5. The molecule has 4 rings (SSSR count). The van der Waals surface area contributed by atoms with Gasteiger partial charge in [0.15, 0.2) is 12.5 Å². The summed E-state index contributed by atoms with van der Waals surface area (Å²) in [6.45, 7) is 3.73. The first-order valence-corrected chi connectivity index (χ1v) is 14.0. The summed E-state index contributed by atoms with van der Waals surface area (Å²) in [5, 5.41) is 27.3. The van der Waals surface area contributed by atoms with Crippen molar-refractivity contribution >= 4 is 29.4 Å². The maximum atomic E-state index is 12.2. The number of thioether (sulfide) groups is 1. The number of hydrogen-bond acceptors (Lipinski definition) is 8. The average molecular weight is 568 g/mol. The lowest BCUT2D eigenvalue weighted by atomic mass is 9.91. The summed E-state index contributed by atoms with van der Waals surface area (Å²) in [6, 6.07) is 19.5. The molecule has 40 heavy (non-hydrogen) atoms. The summed E-state index contributed by atoms with van der Waals surface area (Å²) in [7, 11) is 0. The lowest BCUT2D eigenvalue weighted by molar-refractivity contribution is -0.645. The molecule has 2 heterocycles. The van der Waals surface area contributed by atoms with Gasteiger partial charge in [-0.2, -0.15) is 4.73 Å². The molecular formula is C29H33N3O7S. The molecule has 0 saturated carbocycles. The summed E-state index contributed by atoms with van der Waals surface area (Å²) in [4.78, 5) is 23.6. The van der Waals surface area contributed by atoms with E-state index < -0.39 is 18.3 Å². The van der Waals surface area contributed by atoms with Crippen LogP contribution < -0.4 is 15.4 Å². The number of carbonyl (C=O) groups is 2. The Morgan fingerprint density at radius 2 is 1.77 bits per heavy atom. The van der Waals surface area contributed by atoms with Crippen LogP contribution in [0.4, 0.5) is 10.5 Å². The number of aliphatic hydroxyl groups is 1. The topological polar surface area (TPSA) is 133 Å². The van der Waals surface area contributed by atoms with Crippen molar-refractivity contribution in [3.8, 4) is 0 Å². The van der Waals surface area contributed by atoms with Crippen LogP contribution in [-0.2, 0) is 25.6 Å². The molecule has 0 radical (unpaired) electrons. The van der Waals surface area contributed by atoms with Gasteiger partial charge < -0.3 is 35.2 Å². The molecule has 1 aromatic heterocycles. The van der Waals surface area contributed by atoms with E-state index in [1.165, 1.54) is 18.0 Å². The van der Waals surface area contributed by atoms with E-state index >= 15 is 0 Å². The molecule has 11 heteroatoms. The Balaban J connectivity index is 1.48. The number of aromatic nitrogens is 1. The van der Waals surface area contributed by atoms with E-state index in [0.717, 1.165) is 21.4 Å². The number of aliphatic hydroxyl groups excluding tert-OH is 1. The SMILES string of the molecule is CCOC(=O)CNC(=O)Nc1ccc([C@H]2O[C@@H](CSc3cccc[n+]3[O-])[C@@H](C)[C@@H](c3ccc(CO)cc3)O2)cc1. The maximum Gasteiger partial charge on any atom is 0.325 e. The Morgan fingerprint density at radius 3 is 2.45 bits per heavy atom. The number of urea groups is 1. The third-order valence-electron chi connectivity index (χ3n) is 6.45. The van der Waals surface area contributed by atoms with Crippen molar-refractivity contribution in [1.29, 1.82) is 0 Å². The van der Waals surface area contributed by atoms with E-state index in [-0.39, 0.29) is 37.9 Å². The zero-order valence-corrected chi connectivity index (χ0v) is 23.1. The van der Waals surface area contributed by atoms with Gasteiger partial charge in [-0.15, -0.1) is 0 Å². The van der Waals surface area contributed by atoms with Crippen LogP contribution >= 0.6 is 11.8 Å². The van der Waals surface area contributed by atoms with Crippen molar-refractivity contribution in [2.45, 2.75) is 44.0 Å². The zero-order chi connectivity index (χ0) is 28.5. The highest BCUT2D eigenvalue weighted by atomic mass is 32.2. The number of nitrogens with one attached hydrogen (secondary N) is 2. The monoisotopic (exact) mass is 567 g/mol. The number of esters is 1. The lowest BCUT2D eigenvalue weighted by Crippen LogP contribution is -2.39. The highest BCUT2D eigenvalue weighted by Crippen LogP contribution is 2.43. The molecule has 10 nitrogen and oxygen atoms in total. The van der Waals surface area contributed by atoms with E-state index in [0.29, 0.717) is 16.5 Å². The third kappa shape index (κ3) is 7.72. The number of benzene rings is 2. The van der Waals surface area contributed by atoms with E-state index in [2.05, 4.69) is 17.6 Å². The van der Waals surface area contributed by atoms with Crippen molar-refractivity contribution in [3.63, 3.8) is 0 Å². The molecular weight excluding hydrogens is 534 g/mol. The number of rotatable bonds is 10. The second kappa shape index (κ2) is 14.1. The molecule has 0 aliphatic carbocycles. The minimum atomic E-state index is -0.689. The number of nitrogens with zero attached hydrogens (tertiary/aromatic N) is 1. The van der Waals surface area contributed by atoms with Crippen molar-refractivity contribution in [1.82, 2.24) is 5.32 Å². The number of hydrogen-bond donors (Lipinski definition) is 3. The van der Waals surface area contributed by atoms with Crippen LogP contribution in [0.5, 0.6) is 0 Å². The Morgan fingerprint density at radius 1 is 1.05 bits per heavy atom. The van der Waals surface area contributed by atoms with Gasteiger partial charge in [0, 0.05) is 35.1 Å². The second-order valence-corrected chi connectivity index (χ2v) is 10.3. The highest BCUT2D eigenvalue weighted by Gasteiger charge is 2.38. The van der Waals surface area contributed by atoms with Crippen molar-refractivity contribution in [3.05, 3.63) is 94.8 Å². The van der Waals surface area contributed by atoms with Crippen molar-refractivity contribution in [2.75, 3.05) is 24.2 Å². The van der Waals surface area contributed by atoms with Crippen LogP contribution in [-0.4, -0.2) is 42.1 Å². The van der Waals surface area contributed by atoms with Crippen molar-refractivity contribution < 1.29 is 33.6 Å². The first kappa shape index (κ1) is 29.3. The fourth-order valence-electron chi connectivity index (χ4n) is 4.27. The fourth-order valence-corrected chi connectivity index (χ4v) is 5.35. The van der Waals surface area contributed by atoms with Crippen LogP contribution in [0.3, 0.4) is 0 Å². The minimum Gasteiger partial charge on any atom is -0.618 e. The largest absolute Gasteiger partial charge is 0.618 e. The summed E-state index contributed by atoms with van der Waals surface area (Å²) >= 11 is 1.43. The Hall–Kier alpha value is -3.64. The van der Waals surface area contributed by atoms with Crippen molar-refractivity contribution in [2.24, 2.45) is 5.92 Å². The predicted molar refractivity (Wildman–Crippen MR) is 149 cm³/mol. The van der Waals surface area contributed by atoms with E-state index in [4.69, 9.17) is 14.2 Å². The minimum absolute atomic E-state index is 0.0309. The number of ether oxygens (including phenoxy) is 3. The first-order valence-electron chi connectivity index (χ1n) is 13.0. The molecule has 3 aromatic rings. The quantitative estimate of drug-likeness (QED) is 0.145. The molecule has 0 unspecified atom stereocenters. The number of carbonyl (C=O) groups excluding carboxylic acids is 2. The number of anilines is 1. The summed E-state index contributed by atoms with van der Waals surface area (Å²) in [5.41, 5.74) is 3.06. The summed E-state index contributed by atoms with van der Waals surface area (Å²) in [5.74, 6) is -0.00491. The highest BCUT2D eigenvalue weighted by molar-refractivity contribution is 7.99. The molecule has 1 saturated heterocycles. The Labute approximate surface area is 237 Å². The van der Waals surface area contributed by atoms with Gasteiger partial charge in [0.25, 0.3) is 5.03 Å². The average Bonchev–Trinajstić information content (AvgIpc) is 2.97. The van der Waals surface area contributed by atoms with Gasteiger partial charge in [0.2, 0.25) is 0 Å². The fraction of sp³-hybridized carbons (Fsp3) is 0.345. The van der Waals surface area contributed by atoms with Gasteiger partial charge in [-0.25, -0.2) is 4.79 Å². The first-order chi connectivity index (χ1) is 19.4. The molecule has 212 valence electrons. The standard InChI is InChI=1S/C29H33N3O7S/c1-3-37-26(34)16-30-29(35)31-23-13-11-22(12-14-23)28-38-24(18-40-25-6-4-5-15-32(25)36)19(2)27(39-28)21-9-7-20(17-33)8-10-21/h4-15,19,24,27-28,33H,3,16-18H2,1-2H3,(H2,30,31,35)/t19-,24+,27+,28+/m1/s1. The van der Waals surface area contributed by atoms with Crippen LogP contribution in [0.25, 0.3) is 0 Å². The summed E-state index contributed by atoms with van der Waals surface area (Å²) in [6.07, 6.45) is 0.250. The van der Waals surface area contributed by atoms with Crippen LogP contribution in [0, 0.1) is 11.1 Å². The predicted octanol–water partition coefficient (Wildman–Crippen LogP) is 4.08. The van der Waals surface area contributed by atoms with Gasteiger partial charge >= 0.3 is 12.0 Å². The number of pyridine rings is 1. The van der Waals surface area contributed by atoms with Gasteiger partial charge in [-0.1, -0.05) is 55.1 Å².